The molecule has 2 atom stereocenters. The Balaban J connectivity index is 2.15. The van der Waals surface area contributed by atoms with Crippen molar-refractivity contribution in [3.63, 3.8) is 0 Å². The van der Waals surface area contributed by atoms with Gasteiger partial charge in [-0.1, -0.05) is 30.3 Å². The number of halogens is 2. The van der Waals surface area contributed by atoms with Crippen molar-refractivity contribution in [3.05, 3.63) is 101 Å². The second-order valence-electron chi connectivity index (χ2n) is 6.85. The van der Waals surface area contributed by atoms with Gasteiger partial charge in [-0.25, -0.2) is 13.8 Å². The third-order valence-electron chi connectivity index (χ3n) is 4.81. The Hall–Kier alpha value is -4.12. The summed E-state index contributed by atoms with van der Waals surface area (Å²) in [5.74, 6) is -3.08. The van der Waals surface area contributed by atoms with Gasteiger partial charge in [0.2, 0.25) is 5.91 Å². The molecule has 1 aromatic heterocycles. The lowest BCUT2D eigenvalue weighted by molar-refractivity contribution is -0.123. The highest BCUT2D eigenvalue weighted by Gasteiger charge is 2.35. The van der Waals surface area contributed by atoms with Crippen LogP contribution in [0.1, 0.15) is 46.2 Å². The molecule has 3 aromatic rings. The van der Waals surface area contributed by atoms with Gasteiger partial charge in [-0.05, 0) is 42.3 Å². The van der Waals surface area contributed by atoms with Crippen molar-refractivity contribution in [1.29, 1.82) is 5.26 Å². The van der Waals surface area contributed by atoms with E-state index in [1.807, 2.05) is 6.07 Å². The van der Waals surface area contributed by atoms with Gasteiger partial charge in [0, 0.05) is 12.3 Å². The van der Waals surface area contributed by atoms with Gasteiger partial charge in [-0.15, -0.1) is 0 Å². The maximum atomic E-state index is 13.9. The number of nitrogens with two attached hydrogens (primary N) is 1. The van der Waals surface area contributed by atoms with Crippen LogP contribution in [-0.2, 0) is 4.79 Å². The fourth-order valence-electron chi connectivity index (χ4n) is 3.33. The predicted molar refractivity (Wildman–Crippen MR) is 108 cm³/mol. The first-order valence-corrected chi connectivity index (χ1v) is 9.31. The largest absolute Gasteiger partial charge is 0.368 e. The van der Waals surface area contributed by atoms with Gasteiger partial charge in [0.05, 0.1) is 11.6 Å². The molecule has 2 amide bonds. The minimum absolute atomic E-state index is 0.0879. The number of hydrogen-bond acceptors (Lipinski definition) is 4. The maximum Gasteiger partial charge on any atom is 0.256 e. The lowest BCUT2D eigenvalue weighted by atomic mass is 9.98. The molecule has 2 N–H and O–H groups in total. The quantitative estimate of drug-likeness (QED) is 0.658. The Morgan fingerprint density at radius 2 is 1.68 bits per heavy atom. The average molecular weight is 420 g/mol. The number of aromatic nitrogens is 1. The van der Waals surface area contributed by atoms with Crippen molar-refractivity contribution in [2.24, 2.45) is 5.73 Å². The third-order valence-corrected chi connectivity index (χ3v) is 4.81. The van der Waals surface area contributed by atoms with Gasteiger partial charge in [-0.2, -0.15) is 5.26 Å². The molecule has 0 saturated carbocycles. The summed E-state index contributed by atoms with van der Waals surface area (Å²) in [4.78, 5) is 31.0. The van der Waals surface area contributed by atoms with E-state index in [1.165, 1.54) is 18.3 Å². The Morgan fingerprint density at radius 1 is 1.03 bits per heavy atom. The molecule has 0 aliphatic carbocycles. The van der Waals surface area contributed by atoms with Crippen LogP contribution >= 0.6 is 0 Å². The van der Waals surface area contributed by atoms with Gasteiger partial charge >= 0.3 is 0 Å². The van der Waals surface area contributed by atoms with Gasteiger partial charge < -0.3 is 10.6 Å². The van der Waals surface area contributed by atoms with E-state index in [9.17, 15) is 18.4 Å². The smallest absolute Gasteiger partial charge is 0.256 e. The number of primary amides is 1. The lowest BCUT2D eigenvalue weighted by Crippen LogP contribution is -2.43. The molecule has 1 heterocycles. The summed E-state index contributed by atoms with van der Waals surface area (Å²) in [6, 6.07) is 13.7. The minimum atomic E-state index is -1.22. The highest BCUT2D eigenvalue weighted by Crippen LogP contribution is 2.33. The van der Waals surface area contributed by atoms with Crippen LogP contribution in [0.3, 0.4) is 0 Å². The van der Waals surface area contributed by atoms with Crippen molar-refractivity contribution in [2.75, 3.05) is 0 Å². The number of nitrogens with zero attached hydrogens (tertiary/aromatic N) is 3. The van der Waals surface area contributed by atoms with Crippen molar-refractivity contribution in [1.82, 2.24) is 9.88 Å². The van der Waals surface area contributed by atoms with Crippen LogP contribution in [0.4, 0.5) is 8.78 Å². The molecule has 31 heavy (non-hydrogen) atoms. The summed E-state index contributed by atoms with van der Waals surface area (Å²) in [7, 11) is 0. The average Bonchev–Trinajstić information content (AvgIpc) is 2.76. The van der Waals surface area contributed by atoms with E-state index in [2.05, 4.69) is 4.98 Å². The van der Waals surface area contributed by atoms with Crippen molar-refractivity contribution < 1.29 is 18.4 Å². The highest BCUT2D eigenvalue weighted by molar-refractivity contribution is 5.97. The molecular formula is C23H18F2N4O2. The number of carbonyl (C=O) groups is 2. The third kappa shape index (κ3) is 4.73. The SMILES string of the molecule is C[C@H](c1cc(F)cc(F)c1)N(C(=O)c1ccc(C#N)nc1)[C@@H](C(N)=O)c1ccccc1. The number of rotatable bonds is 6. The topological polar surface area (TPSA) is 100 Å². The number of pyridine rings is 1. The highest BCUT2D eigenvalue weighted by atomic mass is 19.1. The number of benzene rings is 2. The van der Waals surface area contributed by atoms with E-state index in [1.54, 1.807) is 37.3 Å². The van der Waals surface area contributed by atoms with Crippen molar-refractivity contribution in [2.45, 2.75) is 19.0 Å². The minimum Gasteiger partial charge on any atom is -0.368 e. The monoisotopic (exact) mass is 420 g/mol. The van der Waals surface area contributed by atoms with Crippen LogP contribution in [0.5, 0.6) is 0 Å². The standard InChI is InChI=1S/C23H18F2N4O2/c1-14(17-9-18(24)11-19(25)10-17)29(21(22(27)30)15-5-3-2-4-6-15)23(31)16-7-8-20(12-26)28-13-16/h2-11,13-14,21H,1H3,(H2,27,30)/t14-,21-/m1/s1. The summed E-state index contributed by atoms with van der Waals surface area (Å²) in [5, 5.41) is 8.93. The second-order valence-corrected chi connectivity index (χ2v) is 6.85. The normalized spacial score (nSPS) is 12.5. The zero-order valence-corrected chi connectivity index (χ0v) is 16.5. The maximum absolute atomic E-state index is 13.9. The van der Waals surface area contributed by atoms with E-state index >= 15 is 0 Å². The Labute approximate surface area is 177 Å². The molecule has 6 nitrogen and oxygen atoms in total. The molecule has 0 aliphatic rings. The second kappa shape index (κ2) is 9.13. The molecule has 2 aromatic carbocycles. The molecule has 156 valence electrons. The Bertz CT molecular complexity index is 1120. The van der Waals surface area contributed by atoms with E-state index in [4.69, 9.17) is 11.0 Å². The van der Waals surface area contributed by atoms with Crippen LogP contribution in [0.2, 0.25) is 0 Å². The summed E-state index contributed by atoms with van der Waals surface area (Å²) in [5.41, 5.74) is 6.45. The van der Waals surface area contributed by atoms with Gasteiger partial charge in [-0.3, -0.25) is 9.59 Å². The molecule has 0 unspecified atom stereocenters. The molecule has 0 radical (unpaired) electrons. The number of carbonyl (C=O) groups excluding carboxylic acids is 2. The van der Waals surface area contributed by atoms with Crippen LogP contribution in [0.15, 0.2) is 66.9 Å². The van der Waals surface area contributed by atoms with E-state index in [0.717, 1.165) is 23.1 Å². The number of amides is 2. The molecule has 0 aliphatic heterocycles. The van der Waals surface area contributed by atoms with Crippen LogP contribution < -0.4 is 5.73 Å². The van der Waals surface area contributed by atoms with Crippen LogP contribution in [0.25, 0.3) is 0 Å². The zero-order valence-electron chi connectivity index (χ0n) is 16.5. The van der Waals surface area contributed by atoms with Gasteiger partial charge in [0.15, 0.2) is 0 Å². The summed E-state index contributed by atoms with van der Waals surface area (Å²) < 4.78 is 27.7. The zero-order chi connectivity index (χ0) is 22.5. The molecule has 0 spiro atoms. The molecule has 0 saturated heterocycles. The number of hydrogen-bond donors (Lipinski definition) is 1. The first kappa shape index (κ1) is 21.6. The Morgan fingerprint density at radius 3 is 2.19 bits per heavy atom. The predicted octanol–water partition coefficient (Wildman–Crippen LogP) is 3.66. The number of nitriles is 1. The molecular weight excluding hydrogens is 402 g/mol. The van der Waals surface area contributed by atoms with E-state index < -0.39 is 35.5 Å². The van der Waals surface area contributed by atoms with Crippen LogP contribution in [-0.4, -0.2) is 21.7 Å². The summed E-state index contributed by atoms with van der Waals surface area (Å²) >= 11 is 0. The first-order valence-electron chi connectivity index (χ1n) is 9.31. The van der Waals surface area contributed by atoms with E-state index in [-0.39, 0.29) is 16.8 Å². The van der Waals surface area contributed by atoms with Crippen molar-refractivity contribution >= 4 is 11.8 Å². The molecule has 3 rings (SSSR count). The van der Waals surface area contributed by atoms with Crippen LogP contribution in [0, 0.1) is 23.0 Å². The van der Waals surface area contributed by atoms with E-state index in [0.29, 0.717) is 5.56 Å². The Kier molecular flexibility index (Phi) is 6.36. The molecule has 0 bridgehead atoms. The summed E-state index contributed by atoms with van der Waals surface area (Å²) in [6.07, 6.45) is 1.20. The fraction of sp³-hybridized carbons (Fsp3) is 0.130. The fourth-order valence-corrected chi connectivity index (χ4v) is 3.33. The van der Waals surface area contributed by atoms with Gasteiger partial charge in [0.1, 0.15) is 29.4 Å². The molecule has 0 fully saturated rings. The molecule has 8 heteroatoms. The van der Waals surface area contributed by atoms with Gasteiger partial charge in [0.25, 0.3) is 5.91 Å². The lowest BCUT2D eigenvalue weighted by Gasteiger charge is -2.35. The first-order chi connectivity index (χ1) is 14.8. The van der Waals surface area contributed by atoms with Crippen molar-refractivity contribution in [3.8, 4) is 6.07 Å². The summed E-state index contributed by atoms with van der Waals surface area (Å²) in [6.45, 7) is 1.54.